The highest BCUT2D eigenvalue weighted by Gasteiger charge is 2.30. The minimum Gasteiger partial charge on any atom is -0.479 e. The molecule has 0 bridgehead atoms. The number of hydrogen-bond acceptors (Lipinski definition) is 7. The van der Waals surface area contributed by atoms with Crippen LogP contribution in [0.5, 0.6) is 0 Å². The lowest BCUT2D eigenvalue weighted by atomic mass is 9.98. The van der Waals surface area contributed by atoms with Gasteiger partial charge in [0.2, 0.25) is 5.91 Å². The molecule has 0 aromatic heterocycles. The van der Waals surface area contributed by atoms with Crippen molar-refractivity contribution in [3.63, 3.8) is 0 Å². The van der Waals surface area contributed by atoms with Crippen LogP contribution in [0.4, 0.5) is 4.79 Å². The Bertz CT molecular complexity index is 1320. The quantitative estimate of drug-likeness (QED) is 0.253. The van der Waals surface area contributed by atoms with Crippen LogP contribution in [0.25, 0.3) is 11.1 Å². The summed E-state index contributed by atoms with van der Waals surface area (Å²) in [6, 6.07) is 23.3. The Morgan fingerprint density at radius 3 is 2.05 bits per heavy atom. The van der Waals surface area contributed by atoms with Crippen LogP contribution in [-0.2, 0) is 30.5 Å². The molecular weight excluding hydrogens is 516 g/mol. The highest BCUT2D eigenvalue weighted by Crippen LogP contribution is 2.44. The molecule has 1 aliphatic carbocycles. The lowest BCUT2D eigenvalue weighted by molar-refractivity contribution is -0.147. The number of hydrogen-bond donors (Lipinski definition) is 4. The smallest absolute Gasteiger partial charge is 0.407 e. The van der Waals surface area contributed by atoms with Crippen molar-refractivity contribution >= 4 is 23.9 Å². The first-order chi connectivity index (χ1) is 19.3. The average molecular weight is 547 g/mol. The molecule has 40 heavy (non-hydrogen) atoms. The van der Waals surface area contributed by atoms with Crippen LogP contribution in [0.2, 0.25) is 0 Å². The average Bonchev–Trinajstić information content (AvgIpc) is 3.28. The van der Waals surface area contributed by atoms with Gasteiger partial charge in [-0.1, -0.05) is 78.9 Å². The molecule has 10 heteroatoms. The van der Waals surface area contributed by atoms with Gasteiger partial charge in [-0.3, -0.25) is 9.59 Å². The third-order valence-electron chi connectivity index (χ3n) is 6.57. The van der Waals surface area contributed by atoms with Crippen LogP contribution in [0, 0.1) is 0 Å². The van der Waals surface area contributed by atoms with Crippen LogP contribution in [0.1, 0.15) is 35.4 Å². The fraction of sp³-hybridized carbons (Fsp3) is 0.267. The van der Waals surface area contributed by atoms with E-state index in [1.807, 2.05) is 54.6 Å². The number of aliphatic hydroxyl groups is 1. The molecule has 2 amide bonds. The lowest BCUT2D eigenvalue weighted by Crippen LogP contribution is -2.49. The fourth-order valence-corrected chi connectivity index (χ4v) is 4.53. The first-order valence-electron chi connectivity index (χ1n) is 12.8. The van der Waals surface area contributed by atoms with Gasteiger partial charge in [-0.25, -0.2) is 9.59 Å². The van der Waals surface area contributed by atoms with Gasteiger partial charge in [0.15, 0.2) is 6.10 Å². The largest absolute Gasteiger partial charge is 0.479 e. The molecule has 3 aromatic rings. The first kappa shape index (κ1) is 28.3. The van der Waals surface area contributed by atoms with Crippen LogP contribution in [0.3, 0.4) is 0 Å². The molecule has 0 fully saturated rings. The number of fused-ring (bicyclic) bond motifs is 3. The Morgan fingerprint density at radius 1 is 0.825 bits per heavy atom. The molecule has 4 rings (SSSR count). The van der Waals surface area contributed by atoms with E-state index in [2.05, 4.69) is 10.6 Å². The number of benzene rings is 3. The van der Waals surface area contributed by atoms with Gasteiger partial charge in [0, 0.05) is 18.9 Å². The minimum absolute atomic E-state index is 0.0102. The van der Waals surface area contributed by atoms with Gasteiger partial charge >= 0.3 is 18.0 Å². The van der Waals surface area contributed by atoms with E-state index in [4.69, 9.17) is 14.6 Å². The predicted molar refractivity (Wildman–Crippen MR) is 144 cm³/mol. The zero-order valence-electron chi connectivity index (χ0n) is 21.6. The molecule has 1 aliphatic rings. The maximum Gasteiger partial charge on any atom is 0.407 e. The number of nitrogens with one attached hydrogen (secondary N) is 2. The molecule has 0 aliphatic heterocycles. The molecule has 208 valence electrons. The van der Waals surface area contributed by atoms with Gasteiger partial charge in [-0.2, -0.15) is 0 Å². The molecule has 0 spiro atoms. The molecule has 4 N–H and O–H groups in total. The maximum atomic E-state index is 12.8. The van der Waals surface area contributed by atoms with Gasteiger partial charge < -0.3 is 30.3 Å². The Balaban J connectivity index is 1.38. The standard InChI is InChI=1S/C30H30N2O8/c33-26(29(36)37)14-15-31-28(35)25(16-27(34)39-17-19-8-2-1-3-9-19)32-30(38)40-18-24-22-12-6-4-10-20(22)21-11-5-7-13-23(21)24/h1-13,24-26,33H,14-18H2,(H,31,35)(H,32,38)(H,36,37)/t25-,26-/m0/s1. The second kappa shape index (κ2) is 13.4. The number of alkyl carbamates (subject to hydrolysis) is 1. The van der Waals surface area contributed by atoms with Crippen LogP contribution >= 0.6 is 0 Å². The Labute approximate surface area is 230 Å². The van der Waals surface area contributed by atoms with E-state index in [1.54, 1.807) is 24.3 Å². The second-order valence-corrected chi connectivity index (χ2v) is 9.31. The summed E-state index contributed by atoms with van der Waals surface area (Å²) in [5.41, 5.74) is 4.92. The highest BCUT2D eigenvalue weighted by atomic mass is 16.5. The highest BCUT2D eigenvalue weighted by molar-refractivity contribution is 5.89. The number of carbonyl (C=O) groups excluding carboxylic acids is 3. The number of carbonyl (C=O) groups is 4. The van der Waals surface area contributed by atoms with E-state index in [0.29, 0.717) is 0 Å². The topological polar surface area (TPSA) is 151 Å². The van der Waals surface area contributed by atoms with Crippen molar-refractivity contribution in [2.45, 2.75) is 37.5 Å². The van der Waals surface area contributed by atoms with Crippen molar-refractivity contribution in [3.8, 4) is 11.1 Å². The zero-order chi connectivity index (χ0) is 28.5. The van der Waals surface area contributed by atoms with E-state index in [9.17, 15) is 24.3 Å². The summed E-state index contributed by atoms with van der Waals surface area (Å²) in [5.74, 6) is -3.10. The normalized spacial score (nSPS) is 13.3. The summed E-state index contributed by atoms with van der Waals surface area (Å²) in [5, 5.41) is 23.1. The molecule has 3 aromatic carbocycles. The summed E-state index contributed by atoms with van der Waals surface area (Å²) >= 11 is 0. The lowest BCUT2D eigenvalue weighted by Gasteiger charge is -2.19. The minimum atomic E-state index is -1.66. The number of carboxylic acids is 1. The van der Waals surface area contributed by atoms with E-state index >= 15 is 0 Å². The molecule has 2 atom stereocenters. The summed E-state index contributed by atoms with van der Waals surface area (Å²) in [7, 11) is 0. The third kappa shape index (κ3) is 7.23. The summed E-state index contributed by atoms with van der Waals surface area (Å²) in [6.07, 6.45) is -3.30. The number of aliphatic hydroxyl groups excluding tert-OH is 1. The molecule has 0 saturated heterocycles. The third-order valence-corrected chi connectivity index (χ3v) is 6.57. The van der Waals surface area contributed by atoms with Crippen molar-refractivity contribution in [1.82, 2.24) is 10.6 Å². The van der Waals surface area contributed by atoms with Crippen LogP contribution in [0.15, 0.2) is 78.9 Å². The number of carboxylic acid groups (broad SMARTS) is 1. The number of ether oxygens (including phenoxy) is 2. The van der Waals surface area contributed by atoms with E-state index in [1.165, 1.54) is 0 Å². The Kier molecular flexibility index (Phi) is 9.48. The van der Waals surface area contributed by atoms with Gasteiger partial charge in [0.1, 0.15) is 19.3 Å². The van der Waals surface area contributed by atoms with Crippen LogP contribution < -0.4 is 10.6 Å². The van der Waals surface area contributed by atoms with Gasteiger partial charge in [-0.05, 0) is 27.8 Å². The van der Waals surface area contributed by atoms with E-state index in [-0.39, 0.29) is 32.1 Å². The molecule has 10 nitrogen and oxygen atoms in total. The molecule has 0 unspecified atom stereocenters. The van der Waals surface area contributed by atoms with Crippen LogP contribution in [-0.4, -0.2) is 59.4 Å². The monoisotopic (exact) mass is 546 g/mol. The molecule has 0 heterocycles. The predicted octanol–water partition coefficient (Wildman–Crippen LogP) is 2.98. The molecule has 0 radical (unpaired) electrons. The first-order valence-corrected chi connectivity index (χ1v) is 12.8. The van der Waals surface area contributed by atoms with Crippen molar-refractivity contribution in [3.05, 3.63) is 95.6 Å². The van der Waals surface area contributed by atoms with Crippen molar-refractivity contribution in [2.75, 3.05) is 13.2 Å². The van der Waals surface area contributed by atoms with Crippen molar-refractivity contribution in [1.29, 1.82) is 0 Å². The maximum absolute atomic E-state index is 12.8. The van der Waals surface area contributed by atoms with Crippen molar-refractivity contribution < 1.29 is 38.9 Å². The number of amides is 2. The van der Waals surface area contributed by atoms with Gasteiger partial charge in [-0.15, -0.1) is 0 Å². The Morgan fingerprint density at radius 2 is 1.43 bits per heavy atom. The molecular formula is C30H30N2O8. The van der Waals surface area contributed by atoms with Gasteiger partial charge in [0.25, 0.3) is 0 Å². The molecule has 0 saturated carbocycles. The number of aliphatic carboxylic acids is 1. The summed E-state index contributed by atoms with van der Waals surface area (Å²) < 4.78 is 10.8. The Hall–Kier alpha value is -4.70. The number of esters is 1. The SMILES string of the molecule is O=C(C[C@H](NC(=O)OCC1c2ccccc2-c2ccccc21)C(=O)NCC[C@H](O)C(=O)O)OCc1ccccc1. The van der Waals surface area contributed by atoms with Crippen molar-refractivity contribution in [2.24, 2.45) is 0 Å². The van der Waals surface area contributed by atoms with Gasteiger partial charge in [0.05, 0.1) is 6.42 Å². The fourth-order valence-electron chi connectivity index (χ4n) is 4.53. The summed E-state index contributed by atoms with van der Waals surface area (Å²) in [4.78, 5) is 48.9. The zero-order valence-corrected chi connectivity index (χ0v) is 21.6. The van der Waals surface area contributed by atoms with E-state index in [0.717, 1.165) is 27.8 Å². The summed E-state index contributed by atoms with van der Waals surface area (Å²) in [6.45, 7) is -0.185. The number of rotatable bonds is 12. The second-order valence-electron chi connectivity index (χ2n) is 9.31. The van der Waals surface area contributed by atoms with E-state index < -0.39 is 42.5 Å².